The Morgan fingerprint density at radius 3 is 2.24 bits per heavy atom. The van der Waals surface area contributed by atoms with Gasteiger partial charge in [-0.2, -0.15) is 5.26 Å². The highest BCUT2D eigenvalue weighted by atomic mass is 16.2. The van der Waals surface area contributed by atoms with E-state index in [4.69, 9.17) is 5.26 Å². The molecule has 1 N–H and O–H groups in total. The van der Waals surface area contributed by atoms with Crippen LogP contribution in [-0.2, 0) is 11.3 Å². The van der Waals surface area contributed by atoms with Crippen LogP contribution in [0.15, 0.2) is 79.0 Å². The van der Waals surface area contributed by atoms with Crippen LogP contribution < -0.4 is 5.32 Å². The van der Waals surface area contributed by atoms with E-state index in [1.54, 1.807) is 24.3 Å². The number of hydrogen-bond acceptors (Lipinski definition) is 4. The fraction of sp³-hybridized carbons (Fsp3) is 0.314. The van der Waals surface area contributed by atoms with Crippen molar-refractivity contribution in [3.63, 3.8) is 0 Å². The molecule has 1 atom stereocenters. The second-order valence-corrected chi connectivity index (χ2v) is 10.6. The Kier molecular flexibility index (Phi) is 9.93. The number of rotatable bonds is 10. The molecule has 5 rings (SSSR count). The number of benzene rings is 3. The van der Waals surface area contributed by atoms with Gasteiger partial charge in [0.15, 0.2) is 0 Å². The molecule has 0 saturated carbocycles. The minimum atomic E-state index is -0.319. The molecule has 0 radical (unpaired) electrons. The lowest BCUT2D eigenvalue weighted by Gasteiger charge is -2.19. The van der Waals surface area contributed by atoms with E-state index in [2.05, 4.69) is 54.1 Å². The van der Waals surface area contributed by atoms with Gasteiger partial charge in [-0.15, -0.1) is 0 Å². The van der Waals surface area contributed by atoms with Crippen LogP contribution in [0.5, 0.6) is 0 Å². The molecule has 0 unspecified atom stereocenters. The number of carbonyl (C=O) groups is 3. The lowest BCUT2D eigenvalue weighted by Crippen LogP contribution is -2.31. The van der Waals surface area contributed by atoms with Gasteiger partial charge in [0.2, 0.25) is 5.91 Å². The number of carbonyl (C=O) groups excluding carboxylic acids is 3. The molecule has 7 heteroatoms. The second-order valence-electron chi connectivity index (χ2n) is 10.6. The number of nitrogens with zero attached hydrogens (tertiary/aromatic N) is 3. The van der Waals surface area contributed by atoms with Crippen molar-refractivity contribution in [3.8, 4) is 17.2 Å². The molecule has 1 aliphatic heterocycles. The van der Waals surface area contributed by atoms with Gasteiger partial charge in [-0.3, -0.25) is 19.3 Å². The molecule has 0 bridgehead atoms. The Hall–Kier alpha value is -4.70. The fourth-order valence-electron chi connectivity index (χ4n) is 5.47. The summed E-state index contributed by atoms with van der Waals surface area (Å²) in [5, 5.41) is 12.7. The molecule has 0 fully saturated rings. The lowest BCUT2D eigenvalue weighted by molar-refractivity contribution is -0.122. The van der Waals surface area contributed by atoms with Crippen LogP contribution in [-0.4, -0.2) is 40.3 Å². The number of imide groups is 1. The SMILES string of the molecule is CC.CC(C)C[C@@H](C(=O)NCC#N)c1cccc(-c2ccc3c(ccn3CCCN3C(=O)c4ccccc4C3=O)c2)c1. The maximum Gasteiger partial charge on any atom is 0.261 e. The number of amides is 3. The topological polar surface area (TPSA) is 95.2 Å². The van der Waals surface area contributed by atoms with Crippen molar-refractivity contribution in [2.45, 2.75) is 53.0 Å². The summed E-state index contributed by atoms with van der Waals surface area (Å²) in [5.74, 6) is -0.554. The zero-order valence-corrected chi connectivity index (χ0v) is 24.8. The summed E-state index contributed by atoms with van der Waals surface area (Å²) < 4.78 is 2.14. The average molecular weight is 563 g/mol. The first-order chi connectivity index (χ1) is 20.4. The predicted octanol–water partition coefficient (Wildman–Crippen LogP) is 6.79. The normalized spacial score (nSPS) is 13.0. The van der Waals surface area contributed by atoms with Crippen LogP contribution in [0.25, 0.3) is 22.0 Å². The first kappa shape index (κ1) is 30.3. The molecule has 1 aliphatic rings. The Labute approximate surface area is 247 Å². The first-order valence-corrected chi connectivity index (χ1v) is 14.7. The summed E-state index contributed by atoms with van der Waals surface area (Å²) in [6.45, 7) is 9.23. The van der Waals surface area contributed by atoms with Gasteiger partial charge in [0.1, 0.15) is 6.54 Å². The number of nitriles is 1. The zero-order chi connectivity index (χ0) is 30.2. The zero-order valence-electron chi connectivity index (χ0n) is 24.8. The highest BCUT2D eigenvalue weighted by Crippen LogP contribution is 2.31. The van der Waals surface area contributed by atoms with Crippen LogP contribution in [0, 0.1) is 17.2 Å². The monoisotopic (exact) mass is 562 g/mol. The molecule has 7 nitrogen and oxygen atoms in total. The van der Waals surface area contributed by atoms with E-state index in [0.717, 1.165) is 27.6 Å². The van der Waals surface area contributed by atoms with Gasteiger partial charge in [-0.25, -0.2) is 0 Å². The van der Waals surface area contributed by atoms with Gasteiger partial charge in [-0.05, 0) is 65.8 Å². The van der Waals surface area contributed by atoms with E-state index in [0.29, 0.717) is 43.0 Å². The number of aryl methyl sites for hydroxylation is 1. The van der Waals surface area contributed by atoms with Crippen LogP contribution in [0.2, 0.25) is 0 Å². The van der Waals surface area contributed by atoms with E-state index in [1.165, 1.54) is 4.90 Å². The summed E-state index contributed by atoms with van der Waals surface area (Å²) in [6, 6.07) is 25.4. The van der Waals surface area contributed by atoms with Gasteiger partial charge in [0, 0.05) is 30.2 Å². The summed E-state index contributed by atoms with van der Waals surface area (Å²) in [5.41, 5.74) is 5.06. The summed E-state index contributed by atoms with van der Waals surface area (Å²) in [4.78, 5) is 39.5. The van der Waals surface area contributed by atoms with Gasteiger partial charge in [0.05, 0.1) is 23.1 Å². The van der Waals surface area contributed by atoms with Gasteiger partial charge < -0.3 is 9.88 Å². The maximum absolute atomic E-state index is 12.8. The molecule has 4 aromatic rings. The van der Waals surface area contributed by atoms with Crippen molar-refractivity contribution in [2.24, 2.45) is 5.92 Å². The standard InChI is InChI=1S/C33H32N4O3.C2H6/c1-22(2)19-29(31(38)35-15-14-34)25-8-5-7-23(20-25)24-11-12-30-26(21-24)13-18-36(30)16-6-17-37-32(39)27-9-3-4-10-28(27)33(37)40;1-2/h3-5,7-13,18,20-22,29H,6,15-17,19H2,1-2H3,(H,35,38);1-2H3/t29-;/m1./s1. The van der Waals surface area contributed by atoms with Crippen LogP contribution >= 0.6 is 0 Å². The molecule has 42 heavy (non-hydrogen) atoms. The molecule has 3 aromatic carbocycles. The van der Waals surface area contributed by atoms with Crippen molar-refractivity contribution >= 4 is 28.6 Å². The third kappa shape index (κ3) is 6.44. The molecule has 0 aliphatic carbocycles. The summed E-state index contributed by atoms with van der Waals surface area (Å²) in [6.07, 6.45) is 3.39. The van der Waals surface area contributed by atoms with E-state index in [1.807, 2.05) is 44.3 Å². The van der Waals surface area contributed by atoms with Crippen LogP contribution in [0.4, 0.5) is 0 Å². The third-order valence-corrected chi connectivity index (χ3v) is 7.42. The van der Waals surface area contributed by atoms with Gasteiger partial charge >= 0.3 is 0 Å². The number of hydrogen-bond donors (Lipinski definition) is 1. The molecule has 0 saturated heterocycles. The Bertz CT molecular complexity index is 1590. The molecule has 1 aromatic heterocycles. The Morgan fingerprint density at radius 2 is 1.57 bits per heavy atom. The van der Waals surface area contributed by atoms with E-state index >= 15 is 0 Å². The van der Waals surface area contributed by atoms with Crippen LogP contribution in [0.1, 0.15) is 72.7 Å². The molecular weight excluding hydrogens is 524 g/mol. The number of fused-ring (bicyclic) bond motifs is 2. The summed E-state index contributed by atoms with van der Waals surface area (Å²) in [7, 11) is 0. The van der Waals surface area contributed by atoms with E-state index in [9.17, 15) is 14.4 Å². The quantitative estimate of drug-likeness (QED) is 0.170. The molecular formula is C35H38N4O3. The van der Waals surface area contributed by atoms with Crippen molar-refractivity contribution in [2.75, 3.05) is 13.1 Å². The lowest BCUT2D eigenvalue weighted by atomic mass is 9.88. The molecule has 216 valence electrons. The highest BCUT2D eigenvalue weighted by molar-refractivity contribution is 6.21. The average Bonchev–Trinajstić information content (AvgIpc) is 3.53. The first-order valence-electron chi connectivity index (χ1n) is 14.7. The largest absolute Gasteiger partial charge is 0.347 e. The van der Waals surface area contributed by atoms with Crippen molar-refractivity contribution < 1.29 is 14.4 Å². The molecule has 0 spiro atoms. The fourth-order valence-corrected chi connectivity index (χ4v) is 5.47. The van der Waals surface area contributed by atoms with Crippen LogP contribution in [0.3, 0.4) is 0 Å². The van der Waals surface area contributed by atoms with E-state index in [-0.39, 0.29) is 30.2 Å². The van der Waals surface area contributed by atoms with Gasteiger partial charge in [-0.1, -0.05) is 70.2 Å². The van der Waals surface area contributed by atoms with Crippen molar-refractivity contribution in [1.29, 1.82) is 5.26 Å². The number of nitrogens with one attached hydrogen (secondary N) is 1. The minimum absolute atomic E-state index is 0.000919. The van der Waals surface area contributed by atoms with Gasteiger partial charge in [0.25, 0.3) is 11.8 Å². The Morgan fingerprint density at radius 1 is 0.881 bits per heavy atom. The molecule has 2 heterocycles. The predicted molar refractivity (Wildman–Crippen MR) is 166 cm³/mol. The molecule has 3 amide bonds. The highest BCUT2D eigenvalue weighted by Gasteiger charge is 2.34. The Balaban J connectivity index is 0.00000198. The minimum Gasteiger partial charge on any atom is -0.347 e. The number of aromatic nitrogens is 1. The van der Waals surface area contributed by atoms with Crippen molar-refractivity contribution in [3.05, 3.63) is 95.7 Å². The van der Waals surface area contributed by atoms with E-state index < -0.39 is 0 Å². The summed E-state index contributed by atoms with van der Waals surface area (Å²) >= 11 is 0. The second kappa shape index (κ2) is 13.8. The smallest absolute Gasteiger partial charge is 0.261 e. The maximum atomic E-state index is 12.8. The third-order valence-electron chi connectivity index (χ3n) is 7.42. The van der Waals surface area contributed by atoms with Crippen molar-refractivity contribution in [1.82, 2.24) is 14.8 Å².